The lowest BCUT2D eigenvalue weighted by atomic mass is 10.2. The van der Waals surface area contributed by atoms with E-state index in [0.717, 1.165) is 10.4 Å². The number of halogens is 1. The third kappa shape index (κ3) is 2.44. The van der Waals surface area contributed by atoms with Gasteiger partial charge in [-0.25, -0.2) is 0 Å². The lowest BCUT2D eigenvalue weighted by Gasteiger charge is -1.98. The fourth-order valence-electron chi connectivity index (χ4n) is 1.73. The van der Waals surface area contributed by atoms with Gasteiger partial charge in [-0.15, -0.1) is 5.10 Å². The Kier molecular flexibility index (Phi) is 3.26. The van der Waals surface area contributed by atoms with E-state index in [-0.39, 0.29) is 5.56 Å². The van der Waals surface area contributed by atoms with Gasteiger partial charge < -0.3 is 0 Å². The first kappa shape index (κ1) is 12.5. The maximum Gasteiger partial charge on any atom is 0.299 e. The quantitative estimate of drug-likeness (QED) is 0.679. The van der Waals surface area contributed by atoms with E-state index in [1.807, 2.05) is 0 Å². The van der Waals surface area contributed by atoms with Gasteiger partial charge in [0.25, 0.3) is 5.56 Å². The predicted octanol–water partition coefficient (Wildman–Crippen LogP) is 2.33. The van der Waals surface area contributed by atoms with E-state index in [4.69, 9.17) is 11.6 Å². The van der Waals surface area contributed by atoms with Crippen molar-refractivity contribution in [1.82, 2.24) is 15.1 Å². The first-order valence-corrected chi connectivity index (χ1v) is 6.26. The molecule has 0 amide bonds. The normalized spacial score (nSPS) is 11.2. The van der Waals surface area contributed by atoms with Gasteiger partial charge in [0.1, 0.15) is 5.52 Å². The molecule has 0 N–H and O–H groups in total. The molecule has 0 aliphatic rings. The van der Waals surface area contributed by atoms with Crippen molar-refractivity contribution >= 4 is 28.7 Å². The Balaban J connectivity index is 2.01. The minimum atomic E-state index is -0.305. The summed E-state index contributed by atoms with van der Waals surface area (Å²) < 4.78 is 0. The van der Waals surface area contributed by atoms with Crippen molar-refractivity contribution in [1.29, 1.82) is 0 Å². The standard InChI is InChI=1S/C14H9ClN4O/c15-11-7-5-10(6-8-11)9-16-19-14(20)12-3-1-2-4-13(12)17-18-19/h1-9H/b16-9+. The molecule has 0 saturated heterocycles. The Bertz CT molecular complexity index is 840. The van der Waals surface area contributed by atoms with E-state index in [1.54, 1.807) is 48.5 Å². The summed E-state index contributed by atoms with van der Waals surface area (Å²) in [7, 11) is 0. The van der Waals surface area contributed by atoms with Gasteiger partial charge in [-0.1, -0.05) is 40.7 Å². The van der Waals surface area contributed by atoms with E-state index in [9.17, 15) is 4.79 Å². The number of fused-ring (bicyclic) bond motifs is 1. The second-order valence-electron chi connectivity index (χ2n) is 4.10. The highest BCUT2D eigenvalue weighted by molar-refractivity contribution is 6.30. The van der Waals surface area contributed by atoms with Gasteiger partial charge in [0, 0.05) is 5.02 Å². The summed E-state index contributed by atoms with van der Waals surface area (Å²) in [5.74, 6) is 0. The summed E-state index contributed by atoms with van der Waals surface area (Å²) in [6.07, 6.45) is 1.53. The van der Waals surface area contributed by atoms with Gasteiger partial charge >= 0.3 is 0 Å². The molecular weight excluding hydrogens is 276 g/mol. The molecule has 3 aromatic rings. The summed E-state index contributed by atoms with van der Waals surface area (Å²) in [5, 5.41) is 12.9. The van der Waals surface area contributed by atoms with Crippen molar-refractivity contribution in [2.24, 2.45) is 5.10 Å². The third-order valence-corrected chi connectivity index (χ3v) is 2.99. The topological polar surface area (TPSA) is 60.1 Å². The van der Waals surface area contributed by atoms with E-state index in [1.165, 1.54) is 6.21 Å². The highest BCUT2D eigenvalue weighted by Gasteiger charge is 2.02. The molecule has 0 spiro atoms. The van der Waals surface area contributed by atoms with Crippen LogP contribution >= 0.6 is 11.6 Å². The summed E-state index contributed by atoms with van der Waals surface area (Å²) in [5.41, 5.74) is 1.06. The first-order valence-electron chi connectivity index (χ1n) is 5.89. The Morgan fingerprint density at radius 2 is 1.85 bits per heavy atom. The second-order valence-corrected chi connectivity index (χ2v) is 4.53. The van der Waals surface area contributed by atoms with E-state index in [2.05, 4.69) is 15.4 Å². The molecule has 3 rings (SSSR count). The summed E-state index contributed by atoms with van der Waals surface area (Å²) in [6, 6.07) is 14.1. The fraction of sp³-hybridized carbons (Fsp3) is 0. The lowest BCUT2D eigenvalue weighted by molar-refractivity contribution is 0.641. The molecule has 20 heavy (non-hydrogen) atoms. The van der Waals surface area contributed by atoms with Crippen LogP contribution < -0.4 is 5.56 Å². The second kappa shape index (κ2) is 5.22. The zero-order chi connectivity index (χ0) is 13.9. The van der Waals surface area contributed by atoms with E-state index in [0.29, 0.717) is 15.9 Å². The molecule has 6 heteroatoms. The lowest BCUT2D eigenvalue weighted by Crippen LogP contribution is -2.20. The highest BCUT2D eigenvalue weighted by atomic mass is 35.5. The highest BCUT2D eigenvalue weighted by Crippen LogP contribution is 2.08. The molecule has 0 unspecified atom stereocenters. The van der Waals surface area contributed by atoms with Crippen LogP contribution in [0.5, 0.6) is 0 Å². The zero-order valence-electron chi connectivity index (χ0n) is 10.3. The van der Waals surface area contributed by atoms with Gasteiger partial charge in [0.15, 0.2) is 0 Å². The maximum absolute atomic E-state index is 12.1. The average molecular weight is 285 g/mol. The molecule has 2 aromatic carbocycles. The van der Waals surface area contributed by atoms with Crippen LogP contribution in [0.1, 0.15) is 5.56 Å². The Morgan fingerprint density at radius 3 is 2.65 bits per heavy atom. The maximum atomic E-state index is 12.1. The van der Waals surface area contributed by atoms with Crippen LogP contribution in [0.15, 0.2) is 58.4 Å². The van der Waals surface area contributed by atoms with Gasteiger partial charge in [-0.3, -0.25) is 4.79 Å². The average Bonchev–Trinajstić information content (AvgIpc) is 2.49. The van der Waals surface area contributed by atoms with Crippen molar-refractivity contribution in [3.05, 3.63) is 69.5 Å². The number of aromatic nitrogens is 3. The van der Waals surface area contributed by atoms with Crippen molar-refractivity contribution < 1.29 is 0 Å². The van der Waals surface area contributed by atoms with Gasteiger partial charge in [-0.2, -0.15) is 5.10 Å². The van der Waals surface area contributed by atoms with Crippen LogP contribution in [-0.2, 0) is 0 Å². The molecule has 1 heterocycles. The number of hydrogen-bond acceptors (Lipinski definition) is 4. The predicted molar refractivity (Wildman–Crippen MR) is 78.2 cm³/mol. The van der Waals surface area contributed by atoms with Crippen LogP contribution in [0.3, 0.4) is 0 Å². The van der Waals surface area contributed by atoms with Crippen molar-refractivity contribution in [2.45, 2.75) is 0 Å². The van der Waals surface area contributed by atoms with Crippen molar-refractivity contribution in [3.63, 3.8) is 0 Å². The number of hydrogen-bond donors (Lipinski definition) is 0. The fourth-order valence-corrected chi connectivity index (χ4v) is 1.85. The number of rotatable bonds is 2. The van der Waals surface area contributed by atoms with Crippen LogP contribution in [0, 0.1) is 0 Å². The third-order valence-electron chi connectivity index (χ3n) is 2.74. The Labute approximate surface area is 119 Å². The first-order chi connectivity index (χ1) is 9.74. The smallest absolute Gasteiger partial charge is 0.265 e. The van der Waals surface area contributed by atoms with Gasteiger partial charge in [0.05, 0.1) is 11.6 Å². The van der Waals surface area contributed by atoms with Crippen LogP contribution in [0.2, 0.25) is 5.02 Å². The van der Waals surface area contributed by atoms with Crippen molar-refractivity contribution in [2.75, 3.05) is 0 Å². The van der Waals surface area contributed by atoms with Gasteiger partial charge in [-0.05, 0) is 35.0 Å². The van der Waals surface area contributed by atoms with E-state index >= 15 is 0 Å². The SMILES string of the molecule is O=c1c2ccccc2nnn1/N=C/c1ccc(Cl)cc1. The minimum absolute atomic E-state index is 0.305. The Hall–Kier alpha value is -2.53. The molecule has 0 fully saturated rings. The molecule has 0 aliphatic carbocycles. The van der Waals surface area contributed by atoms with Crippen LogP contribution in [0.25, 0.3) is 10.9 Å². The summed E-state index contributed by atoms with van der Waals surface area (Å²) in [6.45, 7) is 0. The van der Waals surface area contributed by atoms with E-state index < -0.39 is 0 Å². The largest absolute Gasteiger partial charge is 0.299 e. The molecule has 98 valence electrons. The molecular formula is C14H9ClN4O. The monoisotopic (exact) mass is 284 g/mol. The molecule has 0 aliphatic heterocycles. The molecule has 0 radical (unpaired) electrons. The minimum Gasteiger partial charge on any atom is -0.265 e. The molecule has 0 bridgehead atoms. The summed E-state index contributed by atoms with van der Waals surface area (Å²) >= 11 is 5.80. The molecule has 0 atom stereocenters. The van der Waals surface area contributed by atoms with Gasteiger partial charge in [0.2, 0.25) is 0 Å². The van der Waals surface area contributed by atoms with Crippen LogP contribution in [-0.4, -0.2) is 21.3 Å². The Morgan fingerprint density at radius 1 is 1.10 bits per heavy atom. The zero-order valence-corrected chi connectivity index (χ0v) is 11.0. The molecule has 1 aromatic heterocycles. The molecule has 0 saturated carbocycles. The number of benzene rings is 2. The molecule has 5 nitrogen and oxygen atoms in total. The van der Waals surface area contributed by atoms with Crippen molar-refractivity contribution in [3.8, 4) is 0 Å². The summed E-state index contributed by atoms with van der Waals surface area (Å²) in [4.78, 5) is 13.1. The van der Waals surface area contributed by atoms with Crippen LogP contribution in [0.4, 0.5) is 0 Å². The number of nitrogens with zero attached hydrogens (tertiary/aromatic N) is 4.